The second-order valence-corrected chi connectivity index (χ2v) is 4.61. The van der Waals surface area contributed by atoms with E-state index in [1.165, 1.54) is 0 Å². The molecule has 2 nitrogen and oxygen atoms in total. The monoisotopic (exact) mass is 316 g/mol. The van der Waals surface area contributed by atoms with Crippen LogP contribution >= 0.6 is 22.6 Å². The fourth-order valence-electron chi connectivity index (χ4n) is 1.84. The zero-order chi connectivity index (χ0) is 10.7. The minimum absolute atomic E-state index is 0.0893. The molecule has 15 heavy (non-hydrogen) atoms. The lowest BCUT2D eigenvalue weighted by atomic mass is 9.99. The van der Waals surface area contributed by atoms with Crippen LogP contribution in [0.25, 0.3) is 0 Å². The summed E-state index contributed by atoms with van der Waals surface area (Å²) in [5.41, 5.74) is 1.86. The van der Waals surface area contributed by atoms with Gasteiger partial charge in [-0.3, -0.25) is 0 Å². The fraction of sp³-hybridized carbons (Fsp3) is 0.417. The Morgan fingerprint density at radius 3 is 3.00 bits per heavy atom. The van der Waals surface area contributed by atoms with E-state index in [1.54, 1.807) is 0 Å². The van der Waals surface area contributed by atoms with Gasteiger partial charge in [-0.15, -0.1) is 0 Å². The number of rotatable bonds is 1. The summed E-state index contributed by atoms with van der Waals surface area (Å²) in [5.74, 6) is -0.160. The van der Waals surface area contributed by atoms with Gasteiger partial charge in [-0.25, -0.2) is 4.79 Å². The first-order valence-corrected chi connectivity index (χ1v) is 6.68. The molecule has 1 aliphatic rings. The highest BCUT2D eigenvalue weighted by Crippen LogP contribution is 2.20. The summed E-state index contributed by atoms with van der Waals surface area (Å²) in [6.45, 7) is 0. The predicted octanol–water partition coefficient (Wildman–Crippen LogP) is 2.98. The molecule has 0 saturated carbocycles. The Hall–Kier alpha value is -0.580. The molecule has 0 amide bonds. The van der Waals surface area contributed by atoms with Gasteiger partial charge in [-0.1, -0.05) is 40.8 Å². The molecule has 1 unspecified atom stereocenters. The minimum atomic E-state index is -0.160. The second kappa shape index (κ2) is 4.96. The third kappa shape index (κ3) is 2.51. The smallest absolute Gasteiger partial charge is 0.338 e. The van der Waals surface area contributed by atoms with E-state index in [0.29, 0.717) is 0 Å². The maximum atomic E-state index is 11.8. The van der Waals surface area contributed by atoms with Gasteiger partial charge in [-0.2, -0.15) is 0 Å². The van der Waals surface area contributed by atoms with Crippen molar-refractivity contribution in [3.05, 3.63) is 35.4 Å². The summed E-state index contributed by atoms with van der Waals surface area (Å²) in [6.07, 6.45) is 3.14. The lowest BCUT2D eigenvalue weighted by Crippen LogP contribution is -2.23. The van der Waals surface area contributed by atoms with E-state index in [2.05, 4.69) is 22.6 Å². The molecule has 0 N–H and O–H groups in total. The van der Waals surface area contributed by atoms with Crippen LogP contribution in [0.15, 0.2) is 24.3 Å². The molecule has 3 heteroatoms. The van der Waals surface area contributed by atoms with E-state index in [0.717, 1.165) is 34.8 Å². The molecule has 0 saturated heterocycles. The largest absolute Gasteiger partial charge is 0.458 e. The molecule has 1 aromatic rings. The first-order chi connectivity index (χ1) is 7.31. The van der Waals surface area contributed by atoms with E-state index >= 15 is 0 Å². The number of carbonyl (C=O) groups is 1. The van der Waals surface area contributed by atoms with Crippen LogP contribution in [0.4, 0.5) is 0 Å². The molecule has 80 valence electrons. The quantitative estimate of drug-likeness (QED) is 0.452. The van der Waals surface area contributed by atoms with Crippen molar-refractivity contribution >= 4 is 28.6 Å². The maximum Gasteiger partial charge on any atom is 0.338 e. The molecular formula is C12H13IO2. The van der Waals surface area contributed by atoms with Crippen molar-refractivity contribution in [2.45, 2.75) is 25.4 Å². The van der Waals surface area contributed by atoms with Crippen molar-refractivity contribution in [3.63, 3.8) is 0 Å². The summed E-state index contributed by atoms with van der Waals surface area (Å²) in [7, 11) is 0. The van der Waals surface area contributed by atoms with Crippen molar-refractivity contribution in [2.24, 2.45) is 0 Å². The van der Waals surface area contributed by atoms with Gasteiger partial charge in [0, 0.05) is 4.43 Å². The highest BCUT2D eigenvalue weighted by atomic mass is 127. The average molecular weight is 316 g/mol. The van der Waals surface area contributed by atoms with Crippen molar-refractivity contribution in [2.75, 3.05) is 4.43 Å². The van der Waals surface area contributed by atoms with Crippen LogP contribution in [0.5, 0.6) is 0 Å². The highest BCUT2D eigenvalue weighted by molar-refractivity contribution is 14.1. The predicted molar refractivity (Wildman–Crippen MR) is 67.5 cm³/mol. The van der Waals surface area contributed by atoms with Gasteiger partial charge in [-0.05, 0) is 30.9 Å². The van der Waals surface area contributed by atoms with Crippen LogP contribution in [-0.4, -0.2) is 16.5 Å². The molecule has 0 bridgehead atoms. The van der Waals surface area contributed by atoms with Crippen LogP contribution in [0.1, 0.15) is 28.8 Å². The lowest BCUT2D eigenvalue weighted by molar-refractivity contribution is 0.0325. The van der Waals surface area contributed by atoms with Crippen molar-refractivity contribution in [3.8, 4) is 0 Å². The fourth-order valence-corrected chi connectivity index (χ4v) is 2.46. The SMILES string of the molecule is O=C1OC(CI)CCCc2ccccc21. The molecule has 0 aromatic heterocycles. The zero-order valence-corrected chi connectivity index (χ0v) is 10.6. The lowest BCUT2D eigenvalue weighted by Gasteiger charge is -2.20. The molecule has 0 radical (unpaired) electrons. The molecule has 1 heterocycles. The average Bonchev–Trinajstić information content (AvgIpc) is 2.25. The first-order valence-electron chi connectivity index (χ1n) is 5.16. The molecule has 0 aliphatic carbocycles. The summed E-state index contributed by atoms with van der Waals surface area (Å²) in [6, 6.07) is 7.73. The van der Waals surface area contributed by atoms with Gasteiger partial charge in [0.25, 0.3) is 0 Å². The van der Waals surface area contributed by atoms with Crippen LogP contribution in [0.3, 0.4) is 0 Å². The van der Waals surface area contributed by atoms with Gasteiger partial charge in [0.2, 0.25) is 0 Å². The Kier molecular flexibility index (Phi) is 3.61. The van der Waals surface area contributed by atoms with Crippen molar-refractivity contribution in [1.29, 1.82) is 0 Å². The summed E-state index contributed by atoms with van der Waals surface area (Å²) in [4.78, 5) is 11.8. The number of cyclic esters (lactones) is 1. The van der Waals surface area contributed by atoms with E-state index in [1.807, 2.05) is 24.3 Å². The number of hydrogen-bond acceptors (Lipinski definition) is 2. The molecule has 0 spiro atoms. The van der Waals surface area contributed by atoms with Crippen molar-refractivity contribution in [1.82, 2.24) is 0 Å². The number of aryl methyl sites for hydroxylation is 1. The van der Waals surface area contributed by atoms with E-state index < -0.39 is 0 Å². The second-order valence-electron chi connectivity index (χ2n) is 3.73. The molecule has 1 aromatic carbocycles. The Labute approximate surface area is 103 Å². The number of halogens is 1. The minimum Gasteiger partial charge on any atom is -0.458 e. The number of fused-ring (bicyclic) bond motifs is 1. The Bertz CT molecular complexity index is 362. The number of carbonyl (C=O) groups excluding carboxylic acids is 1. The zero-order valence-electron chi connectivity index (χ0n) is 8.41. The van der Waals surface area contributed by atoms with Gasteiger partial charge < -0.3 is 4.74 Å². The van der Waals surface area contributed by atoms with Gasteiger partial charge in [0.05, 0.1) is 5.56 Å². The van der Waals surface area contributed by atoms with E-state index in [4.69, 9.17) is 4.74 Å². The summed E-state index contributed by atoms with van der Waals surface area (Å²) in [5, 5.41) is 0. The molecule has 1 aliphatic heterocycles. The van der Waals surface area contributed by atoms with Crippen LogP contribution in [0.2, 0.25) is 0 Å². The molecule has 1 atom stereocenters. The number of ether oxygens (including phenoxy) is 1. The van der Waals surface area contributed by atoms with Crippen LogP contribution < -0.4 is 0 Å². The first kappa shape index (κ1) is 10.9. The molecular weight excluding hydrogens is 303 g/mol. The third-order valence-corrected chi connectivity index (χ3v) is 3.64. The van der Waals surface area contributed by atoms with Crippen LogP contribution in [-0.2, 0) is 11.2 Å². The number of hydrogen-bond donors (Lipinski definition) is 0. The van der Waals surface area contributed by atoms with Crippen molar-refractivity contribution < 1.29 is 9.53 Å². The molecule has 0 fully saturated rings. The maximum absolute atomic E-state index is 11.8. The highest BCUT2D eigenvalue weighted by Gasteiger charge is 2.20. The standard InChI is InChI=1S/C12H13IO2/c13-8-10-6-3-5-9-4-1-2-7-11(9)12(14)15-10/h1-2,4,7,10H,3,5-6,8H2. The summed E-state index contributed by atoms with van der Waals surface area (Å²) < 4.78 is 6.30. The topological polar surface area (TPSA) is 26.3 Å². The van der Waals surface area contributed by atoms with Crippen LogP contribution in [0, 0.1) is 0 Å². The van der Waals surface area contributed by atoms with Gasteiger partial charge in [0.1, 0.15) is 6.10 Å². The number of esters is 1. The van der Waals surface area contributed by atoms with E-state index in [-0.39, 0.29) is 12.1 Å². The Morgan fingerprint density at radius 2 is 2.20 bits per heavy atom. The van der Waals surface area contributed by atoms with Gasteiger partial charge in [0.15, 0.2) is 0 Å². The number of alkyl halides is 1. The number of benzene rings is 1. The Balaban J connectivity index is 2.27. The Morgan fingerprint density at radius 1 is 1.40 bits per heavy atom. The third-order valence-electron chi connectivity index (χ3n) is 2.66. The van der Waals surface area contributed by atoms with Gasteiger partial charge >= 0.3 is 5.97 Å². The normalized spacial score (nSPS) is 21.1. The molecule has 2 rings (SSSR count). The van der Waals surface area contributed by atoms with E-state index in [9.17, 15) is 4.79 Å². The summed E-state index contributed by atoms with van der Waals surface area (Å²) >= 11 is 2.27.